The molecule has 1 atom stereocenters. The minimum Gasteiger partial charge on any atom is -0.337 e. The molecule has 0 saturated carbocycles. The third kappa shape index (κ3) is 2.59. The summed E-state index contributed by atoms with van der Waals surface area (Å²) in [7, 11) is 1.76. The molecule has 1 aliphatic carbocycles. The first-order chi connectivity index (χ1) is 10.6. The average Bonchev–Trinajstić information content (AvgIpc) is 2.93. The minimum atomic E-state index is -0.568. The van der Waals surface area contributed by atoms with Crippen LogP contribution in [0, 0.1) is 0 Å². The fraction of sp³-hybridized carbons (Fsp3) is 0.312. The van der Waals surface area contributed by atoms with Crippen molar-refractivity contribution in [1.82, 2.24) is 14.5 Å². The third-order valence-electron chi connectivity index (χ3n) is 4.16. The Hall–Kier alpha value is -2.63. The molecule has 0 spiro atoms. The second-order valence-corrected chi connectivity index (χ2v) is 5.50. The number of aryl methyl sites for hydroxylation is 1. The number of H-pyrrole nitrogens is 1. The number of hydrogen-bond donors (Lipinski definition) is 1. The van der Waals surface area contributed by atoms with Gasteiger partial charge in [0.25, 0.3) is 5.56 Å². The Labute approximate surface area is 127 Å². The van der Waals surface area contributed by atoms with E-state index in [0.29, 0.717) is 0 Å². The molecule has 0 saturated heterocycles. The molecule has 1 aromatic heterocycles. The molecule has 6 nitrogen and oxygen atoms in total. The molecule has 0 radical (unpaired) electrons. The van der Waals surface area contributed by atoms with Crippen LogP contribution in [0.1, 0.15) is 23.6 Å². The number of benzene rings is 1. The van der Waals surface area contributed by atoms with E-state index in [1.807, 2.05) is 18.2 Å². The summed E-state index contributed by atoms with van der Waals surface area (Å²) < 4.78 is 1.21. The number of hydrogen-bond acceptors (Lipinski definition) is 3. The molecular weight excluding hydrogens is 282 g/mol. The maximum absolute atomic E-state index is 12.4. The van der Waals surface area contributed by atoms with Gasteiger partial charge in [-0.15, -0.1) is 0 Å². The second kappa shape index (κ2) is 5.63. The van der Waals surface area contributed by atoms with E-state index in [-0.39, 0.29) is 18.5 Å². The van der Waals surface area contributed by atoms with Crippen LogP contribution in [0.4, 0.5) is 0 Å². The van der Waals surface area contributed by atoms with Gasteiger partial charge in [-0.1, -0.05) is 24.3 Å². The predicted molar refractivity (Wildman–Crippen MR) is 81.6 cm³/mol. The molecule has 1 amide bonds. The molecule has 1 aliphatic rings. The van der Waals surface area contributed by atoms with E-state index in [4.69, 9.17) is 0 Å². The highest BCUT2D eigenvalue weighted by molar-refractivity contribution is 5.76. The number of amides is 1. The topological polar surface area (TPSA) is 75.2 Å². The lowest BCUT2D eigenvalue weighted by molar-refractivity contribution is -0.132. The van der Waals surface area contributed by atoms with Crippen LogP contribution < -0.4 is 11.2 Å². The molecule has 0 fully saturated rings. The molecule has 1 N–H and O–H groups in total. The standard InChI is InChI=1S/C16H17N3O3/c1-18(13-7-6-11-4-2-3-5-12(11)13)15(21)10-19-9-8-14(20)17-16(19)22/h2-5,8-9,13H,6-7,10H2,1H3,(H,17,20,22)/t13-/m1/s1. The van der Waals surface area contributed by atoms with Crippen molar-refractivity contribution in [2.75, 3.05) is 7.05 Å². The Morgan fingerprint density at radius 1 is 1.32 bits per heavy atom. The highest BCUT2D eigenvalue weighted by Gasteiger charge is 2.28. The summed E-state index contributed by atoms with van der Waals surface area (Å²) in [5.41, 5.74) is 1.41. The van der Waals surface area contributed by atoms with Gasteiger partial charge in [0.05, 0.1) is 6.04 Å². The summed E-state index contributed by atoms with van der Waals surface area (Å²) in [5.74, 6) is -0.157. The number of nitrogens with one attached hydrogen (secondary N) is 1. The normalized spacial score (nSPS) is 16.3. The van der Waals surface area contributed by atoms with Crippen molar-refractivity contribution >= 4 is 5.91 Å². The van der Waals surface area contributed by atoms with Crippen molar-refractivity contribution in [2.24, 2.45) is 0 Å². The molecule has 3 rings (SSSR count). The monoisotopic (exact) mass is 299 g/mol. The first-order valence-corrected chi connectivity index (χ1v) is 7.19. The Balaban J connectivity index is 1.78. The van der Waals surface area contributed by atoms with Crippen molar-refractivity contribution < 1.29 is 4.79 Å². The van der Waals surface area contributed by atoms with Gasteiger partial charge in [-0.25, -0.2) is 4.79 Å². The summed E-state index contributed by atoms with van der Waals surface area (Å²) in [6, 6.07) is 9.38. The number of aromatic nitrogens is 2. The number of aromatic amines is 1. The summed E-state index contributed by atoms with van der Waals surface area (Å²) in [6.07, 6.45) is 3.19. The van der Waals surface area contributed by atoms with E-state index in [1.165, 1.54) is 28.0 Å². The molecule has 1 aromatic carbocycles. The molecular formula is C16H17N3O3. The van der Waals surface area contributed by atoms with Gasteiger partial charge in [-0.05, 0) is 24.0 Å². The number of fused-ring (bicyclic) bond motifs is 1. The zero-order chi connectivity index (χ0) is 15.7. The van der Waals surface area contributed by atoms with Crippen LogP contribution in [-0.4, -0.2) is 27.4 Å². The lowest BCUT2D eigenvalue weighted by Crippen LogP contribution is -2.37. The maximum atomic E-state index is 12.4. The number of carbonyl (C=O) groups is 1. The number of rotatable bonds is 3. The molecule has 0 unspecified atom stereocenters. The Kier molecular flexibility index (Phi) is 3.66. The van der Waals surface area contributed by atoms with Crippen molar-refractivity contribution in [1.29, 1.82) is 0 Å². The van der Waals surface area contributed by atoms with E-state index < -0.39 is 11.2 Å². The largest absolute Gasteiger partial charge is 0.337 e. The second-order valence-electron chi connectivity index (χ2n) is 5.50. The van der Waals surface area contributed by atoms with Gasteiger partial charge in [0.15, 0.2) is 0 Å². The highest BCUT2D eigenvalue weighted by atomic mass is 16.2. The smallest absolute Gasteiger partial charge is 0.328 e. The zero-order valence-electron chi connectivity index (χ0n) is 12.3. The van der Waals surface area contributed by atoms with Gasteiger partial charge in [0.2, 0.25) is 5.91 Å². The van der Waals surface area contributed by atoms with Crippen LogP contribution in [0.15, 0.2) is 46.1 Å². The molecule has 114 valence electrons. The molecule has 0 bridgehead atoms. The fourth-order valence-corrected chi connectivity index (χ4v) is 2.94. The summed E-state index contributed by atoms with van der Waals surface area (Å²) >= 11 is 0. The maximum Gasteiger partial charge on any atom is 0.328 e. The van der Waals surface area contributed by atoms with Crippen LogP contribution in [0.2, 0.25) is 0 Å². The van der Waals surface area contributed by atoms with Crippen molar-refractivity contribution in [3.63, 3.8) is 0 Å². The third-order valence-corrected chi connectivity index (χ3v) is 4.16. The Morgan fingerprint density at radius 2 is 2.09 bits per heavy atom. The SMILES string of the molecule is CN(C(=O)Cn1ccc(=O)[nH]c1=O)[C@@H]1CCc2ccccc21. The van der Waals surface area contributed by atoms with Gasteiger partial charge in [0.1, 0.15) is 6.54 Å². The van der Waals surface area contributed by atoms with E-state index >= 15 is 0 Å². The molecule has 1 heterocycles. The van der Waals surface area contributed by atoms with Gasteiger partial charge < -0.3 is 4.90 Å². The van der Waals surface area contributed by atoms with E-state index in [1.54, 1.807) is 11.9 Å². The molecule has 0 aliphatic heterocycles. The van der Waals surface area contributed by atoms with Gasteiger partial charge >= 0.3 is 5.69 Å². The van der Waals surface area contributed by atoms with Gasteiger partial charge in [-0.3, -0.25) is 19.1 Å². The van der Waals surface area contributed by atoms with Crippen LogP contribution in [0.5, 0.6) is 0 Å². The van der Waals surface area contributed by atoms with Crippen LogP contribution in [-0.2, 0) is 17.8 Å². The van der Waals surface area contributed by atoms with E-state index in [9.17, 15) is 14.4 Å². The highest BCUT2D eigenvalue weighted by Crippen LogP contribution is 2.34. The first kappa shape index (κ1) is 14.3. The molecule has 2 aromatic rings. The van der Waals surface area contributed by atoms with Crippen LogP contribution >= 0.6 is 0 Å². The number of carbonyl (C=O) groups excluding carboxylic acids is 1. The number of nitrogens with zero attached hydrogens (tertiary/aromatic N) is 2. The van der Waals surface area contributed by atoms with Crippen LogP contribution in [0.25, 0.3) is 0 Å². The fourth-order valence-electron chi connectivity index (χ4n) is 2.94. The predicted octanol–water partition coefficient (Wildman–Crippen LogP) is 0.682. The lowest BCUT2D eigenvalue weighted by Gasteiger charge is -2.25. The Bertz CT molecular complexity index is 822. The summed E-state index contributed by atoms with van der Waals surface area (Å²) in [6.45, 7) is -0.0786. The zero-order valence-corrected chi connectivity index (χ0v) is 12.3. The summed E-state index contributed by atoms with van der Waals surface area (Å²) in [5, 5.41) is 0. The van der Waals surface area contributed by atoms with Gasteiger partial charge in [0, 0.05) is 19.3 Å². The number of likely N-dealkylation sites (N-methyl/N-ethyl adjacent to an activating group) is 1. The summed E-state index contributed by atoms with van der Waals surface area (Å²) in [4.78, 5) is 39.0. The van der Waals surface area contributed by atoms with E-state index in [2.05, 4.69) is 11.1 Å². The van der Waals surface area contributed by atoms with Crippen molar-refractivity contribution in [2.45, 2.75) is 25.4 Å². The minimum absolute atomic E-state index is 0.0437. The first-order valence-electron chi connectivity index (χ1n) is 7.19. The quantitative estimate of drug-likeness (QED) is 0.905. The van der Waals surface area contributed by atoms with Crippen LogP contribution in [0.3, 0.4) is 0 Å². The Morgan fingerprint density at radius 3 is 2.86 bits per heavy atom. The van der Waals surface area contributed by atoms with Crippen molar-refractivity contribution in [3.05, 3.63) is 68.5 Å². The molecule has 6 heteroatoms. The average molecular weight is 299 g/mol. The van der Waals surface area contributed by atoms with Gasteiger partial charge in [-0.2, -0.15) is 0 Å². The molecule has 22 heavy (non-hydrogen) atoms. The lowest BCUT2D eigenvalue weighted by atomic mass is 10.1. The van der Waals surface area contributed by atoms with E-state index in [0.717, 1.165) is 12.8 Å². The van der Waals surface area contributed by atoms with Crippen molar-refractivity contribution in [3.8, 4) is 0 Å².